The van der Waals surface area contributed by atoms with Crippen LogP contribution in [-0.4, -0.2) is 22.8 Å². The molecule has 5 aliphatic rings. The summed E-state index contributed by atoms with van der Waals surface area (Å²) in [4.78, 5) is 26.6. The van der Waals surface area contributed by atoms with Crippen LogP contribution in [0.1, 0.15) is 66.7 Å². The van der Waals surface area contributed by atoms with Gasteiger partial charge >= 0.3 is 0 Å². The van der Waals surface area contributed by atoms with Gasteiger partial charge in [0, 0.05) is 11.8 Å². The Hall–Kier alpha value is -1.22. The van der Waals surface area contributed by atoms with Crippen LogP contribution in [0, 0.1) is 45.3 Å². The minimum Gasteiger partial charge on any atom is -0.392 e. The standard InChI is InChI=1S/C25H34O3/c1-14(2)16-6-7-22(3)12-18-15(10-17(16)22)11-19(26)25-9-8-23(4,21(25)28)20(27)13-24(18,25)5/h8-9,12,14-17,19,26H,6-7,10-11,13H2,1-5H3/t15-,16+,17+,19+,22-,23-,24+,25?/m1/s1. The molecule has 3 fully saturated rings. The van der Waals surface area contributed by atoms with Gasteiger partial charge in [0.15, 0.2) is 11.6 Å². The molecule has 0 radical (unpaired) electrons. The van der Waals surface area contributed by atoms with Gasteiger partial charge in [0.1, 0.15) is 5.41 Å². The predicted octanol–water partition coefficient (Wildman–Crippen LogP) is 4.50. The quantitative estimate of drug-likeness (QED) is 0.537. The van der Waals surface area contributed by atoms with Crippen LogP contribution >= 0.6 is 0 Å². The molecule has 0 amide bonds. The summed E-state index contributed by atoms with van der Waals surface area (Å²) in [5, 5.41) is 11.3. The number of hydrogen-bond donors (Lipinski definition) is 1. The van der Waals surface area contributed by atoms with Crippen LogP contribution in [0.15, 0.2) is 23.8 Å². The Bertz CT molecular complexity index is 837. The van der Waals surface area contributed by atoms with Crippen molar-refractivity contribution >= 4 is 11.6 Å². The lowest BCUT2D eigenvalue weighted by Crippen LogP contribution is -2.64. The zero-order valence-electron chi connectivity index (χ0n) is 17.9. The molecule has 0 aromatic heterocycles. The molecule has 28 heavy (non-hydrogen) atoms. The Balaban J connectivity index is 1.67. The van der Waals surface area contributed by atoms with Gasteiger partial charge in [-0.15, -0.1) is 0 Å². The van der Waals surface area contributed by atoms with E-state index in [9.17, 15) is 14.7 Å². The zero-order chi connectivity index (χ0) is 20.3. The van der Waals surface area contributed by atoms with Crippen molar-refractivity contribution in [1.29, 1.82) is 0 Å². The summed E-state index contributed by atoms with van der Waals surface area (Å²) in [6.07, 6.45) is 10.1. The lowest BCUT2D eigenvalue weighted by Gasteiger charge is -2.60. The highest BCUT2D eigenvalue weighted by atomic mass is 16.3. The van der Waals surface area contributed by atoms with Crippen LogP contribution in [-0.2, 0) is 9.59 Å². The molecule has 5 rings (SSSR count). The number of carbonyl (C=O) groups is 2. The summed E-state index contributed by atoms with van der Waals surface area (Å²) in [7, 11) is 0. The summed E-state index contributed by atoms with van der Waals surface area (Å²) in [5.41, 5.74) is -1.08. The summed E-state index contributed by atoms with van der Waals surface area (Å²) in [6, 6.07) is 0. The van der Waals surface area contributed by atoms with Crippen LogP contribution in [0.5, 0.6) is 0 Å². The molecule has 8 atom stereocenters. The van der Waals surface area contributed by atoms with Gasteiger partial charge in [0.2, 0.25) is 0 Å². The third-order valence-electron chi connectivity index (χ3n) is 9.90. The highest BCUT2D eigenvalue weighted by Crippen LogP contribution is 2.70. The van der Waals surface area contributed by atoms with Crippen molar-refractivity contribution in [1.82, 2.24) is 0 Å². The van der Waals surface area contributed by atoms with Crippen molar-refractivity contribution in [3.05, 3.63) is 23.8 Å². The molecule has 152 valence electrons. The van der Waals surface area contributed by atoms with Crippen LogP contribution in [0.3, 0.4) is 0 Å². The summed E-state index contributed by atoms with van der Waals surface area (Å²) >= 11 is 0. The maximum atomic E-state index is 13.5. The molecule has 1 spiro atoms. The highest BCUT2D eigenvalue weighted by Gasteiger charge is 2.73. The highest BCUT2D eigenvalue weighted by molar-refractivity contribution is 6.17. The molecule has 5 aliphatic carbocycles. The van der Waals surface area contributed by atoms with Crippen molar-refractivity contribution in [3.63, 3.8) is 0 Å². The molecule has 1 N–H and O–H groups in total. The fourth-order valence-corrected chi connectivity index (χ4v) is 8.12. The fourth-order valence-electron chi connectivity index (χ4n) is 8.12. The van der Waals surface area contributed by atoms with Crippen molar-refractivity contribution in [2.75, 3.05) is 0 Å². The van der Waals surface area contributed by atoms with E-state index >= 15 is 0 Å². The minimum atomic E-state index is -1.04. The molecule has 3 saturated carbocycles. The molecule has 0 heterocycles. The van der Waals surface area contributed by atoms with E-state index < -0.39 is 22.3 Å². The van der Waals surface area contributed by atoms with Gasteiger partial charge in [0.25, 0.3) is 0 Å². The number of Topliss-reactive ketones (excluding diaryl/α,β-unsaturated/α-hetero) is 2. The first-order chi connectivity index (χ1) is 13.0. The van der Waals surface area contributed by atoms with E-state index in [0.29, 0.717) is 30.6 Å². The summed E-state index contributed by atoms with van der Waals surface area (Å²) < 4.78 is 0. The topological polar surface area (TPSA) is 54.4 Å². The van der Waals surface area contributed by atoms with Gasteiger partial charge in [0.05, 0.1) is 11.5 Å². The third kappa shape index (κ3) is 1.86. The SMILES string of the molecule is CC(C)[C@@H]1CC[C@]2(C)C=C3[C@@H](C[C@H](O)C45C=C[C@](C)(C(=O)C[C@@]34C)C5=O)C[C@@H]12. The second kappa shape index (κ2) is 5.28. The van der Waals surface area contributed by atoms with Gasteiger partial charge in [-0.1, -0.05) is 51.5 Å². The molecule has 0 saturated heterocycles. The first-order valence-corrected chi connectivity index (χ1v) is 11.2. The second-order valence-corrected chi connectivity index (χ2v) is 11.5. The van der Waals surface area contributed by atoms with Gasteiger partial charge in [-0.3, -0.25) is 9.59 Å². The van der Waals surface area contributed by atoms with E-state index in [2.05, 4.69) is 33.8 Å². The van der Waals surface area contributed by atoms with Crippen molar-refractivity contribution in [2.45, 2.75) is 72.8 Å². The van der Waals surface area contributed by atoms with Crippen LogP contribution in [0.2, 0.25) is 0 Å². The Kier molecular flexibility index (Phi) is 3.54. The zero-order valence-corrected chi connectivity index (χ0v) is 17.9. The van der Waals surface area contributed by atoms with Crippen molar-refractivity contribution in [3.8, 4) is 0 Å². The Morgan fingerprint density at radius 1 is 1.11 bits per heavy atom. The lowest BCUT2D eigenvalue weighted by atomic mass is 9.42. The van der Waals surface area contributed by atoms with Crippen LogP contribution < -0.4 is 0 Å². The number of hydrogen-bond acceptors (Lipinski definition) is 3. The van der Waals surface area contributed by atoms with Crippen LogP contribution in [0.4, 0.5) is 0 Å². The monoisotopic (exact) mass is 382 g/mol. The molecular formula is C25H34O3. The number of carbonyl (C=O) groups excluding carboxylic acids is 2. The maximum absolute atomic E-state index is 13.5. The van der Waals surface area contributed by atoms with E-state index in [-0.39, 0.29) is 17.0 Å². The number of rotatable bonds is 1. The van der Waals surface area contributed by atoms with Gasteiger partial charge in [-0.05, 0) is 61.7 Å². The Morgan fingerprint density at radius 2 is 1.82 bits per heavy atom. The molecule has 0 aromatic carbocycles. The predicted molar refractivity (Wildman–Crippen MR) is 108 cm³/mol. The Morgan fingerprint density at radius 3 is 2.50 bits per heavy atom. The molecule has 1 unspecified atom stereocenters. The molecular weight excluding hydrogens is 348 g/mol. The third-order valence-corrected chi connectivity index (χ3v) is 9.90. The average Bonchev–Trinajstić information content (AvgIpc) is 3.06. The Labute approximate surface area is 168 Å². The van der Waals surface area contributed by atoms with E-state index in [1.165, 1.54) is 18.4 Å². The van der Waals surface area contributed by atoms with E-state index in [0.717, 1.165) is 12.3 Å². The van der Waals surface area contributed by atoms with Gasteiger partial charge < -0.3 is 5.11 Å². The lowest BCUT2D eigenvalue weighted by molar-refractivity contribution is -0.164. The first-order valence-electron chi connectivity index (χ1n) is 11.2. The fraction of sp³-hybridized carbons (Fsp3) is 0.760. The van der Waals surface area contributed by atoms with E-state index in [4.69, 9.17) is 0 Å². The number of fused-ring (bicyclic) bond motifs is 4. The largest absolute Gasteiger partial charge is 0.392 e. The molecule has 3 heteroatoms. The number of aliphatic hydroxyl groups is 1. The summed E-state index contributed by atoms with van der Waals surface area (Å²) in [5.74, 6) is 2.30. The van der Waals surface area contributed by atoms with Gasteiger partial charge in [-0.25, -0.2) is 0 Å². The average molecular weight is 383 g/mol. The van der Waals surface area contributed by atoms with Crippen molar-refractivity contribution < 1.29 is 14.7 Å². The number of aliphatic hydroxyl groups excluding tert-OH is 1. The number of ketones is 2. The molecule has 3 nitrogen and oxygen atoms in total. The second-order valence-electron chi connectivity index (χ2n) is 11.5. The van der Waals surface area contributed by atoms with Gasteiger partial charge in [-0.2, -0.15) is 0 Å². The first kappa shape index (κ1) is 18.8. The van der Waals surface area contributed by atoms with E-state index in [1.807, 2.05) is 6.08 Å². The van der Waals surface area contributed by atoms with E-state index in [1.54, 1.807) is 13.0 Å². The van der Waals surface area contributed by atoms with Crippen LogP contribution in [0.25, 0.3) is 0 Å². The smallest absolute Gasteiger partial charge is 0.163 e. The minimum absolute atomic E-state index is 0.0249. The maximum Gasteiger partial charge on any atom is 0.163 e. The summed E-state index contributed by atoms with van der Waals surface area (Å²) in [6.45, 7) is 10.9. The normalized spacial score (nSPS) is 54.5. The molecule has 0 aromatic rings. The number of allylic oxidation sites excluding steroid dienone is 3. The molecule has 2 bridgehead atoms. The van der Waals surface area contributed by atoms with Crippen molar-refractivity contribution in [2.24, 2.45) is 45.3 Å². The molecule has 0 aliphatic heterocycles.